The van der Waals surface area contributed by atoms with Crippen molar-refractivity contribution in [3.63, 3.8) is 0 Å². The molecule has 0 bridgehead atoms. The molecular formula is C12H10BrClN2O2. The Labute approximate surface area is 117 Å². The van der Waals surface area contributed by atoms with Crippen molar-refractivity contribution in [1.82, 2.24) is 9.55 Å². The molecule has 0 aliphatic rings. The van der Waals surface area contributed by atoms with Gasteiger partial charge in [0, 0.05) is 23.4 Å². The van der Waals surface area contributed by atoms with Gasteiger partial charge in [0.2, 0.25) is 0 Å². The molecule has 0 amide bonds. The predicted molar refractivity (Wildman–Crippen MR) is 73.4 cm³/mol. The van der Waals surface area contributed by atoms with E-state index in [0.717, 1.165) is 4.47 Å². The van der Waals surface area contributed by atoms with E-state index in [4.69, 9.17) is 16.3 Å². The fourth-order valence-electron chi connectivity index (χ4n) is 1.41. The van der Waals surface area contributed by atoms with Gasteiger partial charge in [-0.25, -0.2) is 4.98 Å². The zero-order valence-corrected chi connectivity index (χ0v) is 11.9. The van der Waals surface area contributed by atoms with Crippen molar-refractivity contribution in [3.8, 4) is 11.6 Å². The summed E-state index contributed by atoms with van der Waals surface area (Å²) in [5.41, 5.74) is -0.281. The van der Waals surface area contributed by atoms with Crippen LogP contribution in [-0.4, -0.2) is 9.55 Å². The first-order chi connectivity index (χ1) is 8.61. The molecule has 0 unspecified atom stereocenters. The summed E-state index contributed by atoms with van der Waals surface area (Å²) in [6.45, 7) is 2.43. The Kier molecular flexibility index (Phi) is 4.04. The summed E-state index contributed by atoms with van der Waals surface area (Å²) in [7, 11) is 0. The fraction of sp³-hybridized carbons (Fsp3) is 0.167. The van der Waals surface area contributed by atoms with Crippen LogP contribution in [0.5, 0.6) is 11.6 Å². The standard InChI is InChI=1S/C12H10BrClN2O2/c1-2-16-6-5-15-11(12(16)17)18-10-7-8(13)3-4-9(10)14/h3-7H,2H2,1H3. The average Bonchev–Trinajstić information content (AvgIpc) is 2.36. The number of halogens is 2. The Morgan fingerprint density at radius 1 is 1.50 bits per heavy atom. The second-order valence-electron chi connectivity index (χ2n) is 3.50. The molecule has 0 atom stereocenters. The van der Waals surface area contributed by atoms with E-state index in [9.17, 15) is 4.79 Å². The minimum absolute atomic E-state index is 0.0133. The van der Waals surface area contributed by atoms with Crippen molar-refractivity contribution in [2.45, 2.75) is 13.5 Å². The normalized spacial score (nSPS) is 10.4. The molecule has 4 nitrogen and oxygen atoms in total. The lowest BCUT2D eigenvalue weighted by Gasteiger charge is -2.08. The summed E-state index contributed by atoms with van der Waals surface area (Å²) in [5.74, 6) is 0.406. The Morgan fingerprint density at radius 3 is 3.00 bits per heavy atom. The number of nitrogens with zero attached hydrogens (tertiary/aromatic N) is 2. The Hall–Kier alpha value is -1.33. The van der Waals surface area contributed by atoms with Crippen LogP contribution in [0.3, 0.4) is 0 Å². The van der Waals surface area contributed by atoms with E-state index in [0.29, 0.717) is 17.3 Å². The molecule has 6 heteroatoms. The zero-order valence-electron chi connectivity index (χ0n) is 9.56. The molecule has 1 aromatic heterocycles. The number of aryl methyl sites for hydroxylation is 1. The average molecular weight is 330 g/mol. The van der Waals surface area contributed by atoms with Crippen LogP contribution in [0.4, 0.5) is 0 Å². The van der Waals surface area contributed by atoms with Gasteiger partial charge in [0.25, 0.3) is 5.88 Å². The van der Waals surface area contributed by atoms with Crippen LogP contribution in [0.25, 0.3) is 0 Å². The lowest BCUT2D eigenvalue weighted by atomic mass is 10.3. The third-order valence-electron chi connectivity index (χ3n) is 2.32. The molecule has 2 rings (SSSR count). The highest BCUT2D eigenvalue weighted by Gasteiger charge is 2.09. The highest BCUT2D eigenvalue weighted by atomic mass is 79.9. The molecule has 1 aromatic carbocycles. The van der Waals surface area contributed by atoms with Gasteiger partial charge < -0.3 is 9.30 Å². The van der Waals surface area contributed by atoms with Crippen LogP contribution in [0.15, 0.2) is 39.9 Å². The Bertz CT molecular complexity index is 628. The first kappa shape index (κ1) is 13.1. The van der Waals surface area contributed by atoms with Crippen molar-refractivity contribution in [2.24, 2.45) is 0 Å². The fourth-order valence-corrected chi connectivity index (χ4v) is 1.90. The van der Waals surface area contributed by atoms with Crippen LogP contribution >= 0.6 is 27.5 Å². The number of aromatic nitrogens is 2. The van der Waals surface area contributed by atoms with Crippen LogP contribution < -0.4 is 10.3 Å². The van der Waals surface area contributed by atoms with Crippen molar-refractivity contribution in [1.29, 1.82) is 0 Å². The quantitative estimate of drug-likeness (QED) is 0.866. The van der Waals surface area contributed by atoms with Crippen LogP contribution in [0.2, 0.25) is 5.02 Å². The largest absolute Gasteiger partial charge is 0.433 e. The molecular weight excluding hydrogens is 320 g/mol. The number of ether oxygens (including phenoxy) is 1. The third-order valence-corrected chi connectivity index (χ3v) is 3.13. The highest BCUT2D eigenvalue weighted by Crippen LogP contribution is 2.30. The topological polar surface area (TPSA) is 44.1 Å². The van der Waals surface area contributed by atoms with Gasteiger partial charge in [-0.3, -0.25) is 4.79 Å². The molecule has 0 spiro atoms. The van der Waals surface area contributed by atoms with Gasteiger partial charge in [-0.15, -0.1) is 0 Å². The molecule has 0 aliphatic carbocycles. The van der Waals surface area contributed by atoms with E-state index in [-0.39, 0.29) is 11.4 Å². The molecule has 0 radical (unpaired) electrons. The molecule has 0 N–H and O–H groups in total. The number of benzene rings is 1. The van der Waals surface area contributed by atoms with Crippen molar-refractivity contribution in [3.05, 3.63) is 50.4 Å². The van der Waals surface area contributed by atoms with Crippen molar-refractivity contribution in [2.75, 3.05) is 0 Å². The van der Waals surface area contributed by atoms with E-state index < -0.39 is 0 Å². The molecule has 1 heterocycles. The predicted octanol–water partition coefficient (Wildman–Crippen LogP) is 3.47. The van der Waals surface area contributed by atoms with Crippen LogP contribution in [-0.2, 0) is 6.54 Å². The van der Waals surface area contributed by atoms with Crippen LogP contribution in [0.1, 0.15) is 6.92 Å². The first-order valence-electron chi connectivity index (χ1n) is 5.30. The number of hydrogen-bond donors (Lipinski definition) is 0. The van der Waals surface area contributed by atoms with Crippen molar-refractivity contribution >= 4 is 27.5 Å². The molecule has 0 fully saturated rings. The van der Waals surface area contributed by atoms with E-state index in [1.54, 1.807) is 24.4 Å². The molecule has 0 saturated heterocycles. The van der Waals surface area contributed by atoms with E-state index in [1.165, 1.54) is 10.8 Å². The second-order valence-corrected chi connectivity index (χ2v) is 4.82. The second kappa shape index (κ2) is 5.54. The number of hydrogen-bond acceptors (Lipinski definition) is 3. The smallest absolute Gasteiger partial charge is 0.313 e. The van der Waals surface area contributed by atoms with Gasteiger partial charge in [-0.05, 0) is 25.1 Å². The molecule has 2 aromatic rings. The summed E-state index contributed by atoms with van der Waals surface area (Å²) in [6, 6.07) is 5.16. The van der Waals surface area contributed by atoms with E-state index in [2.05, 4.69) is 20.9 Å². The maximum Gasteiger partial charge on any atom is 0.313 e. The first-order valence-corrected chi connectivity index (χ1v) is 6.47. The monoisotopic (exact) mass is 328 g/mol. The van der Waals surface area contributed by atoms with Crippen LogP contribution in [0, 0.1) is 0 Å². The maximum atomic E-state index is 11.9. The highest BCUT2D eigenvalue weighted by molar-refractivity contribution is 9.10. The molecule has 0 saturated carbocycles. The van der Waals surface area contributed by atoms with Gasteiger partial charge in [0.15, 0.2) is 0 Å². The summed E-state index contributed by atoms with van der Waals surface area (Å²) < 4.78 is 7.78. The molecule has 0 aliphatic heterocycles. The lowest BCUT2D eigenvalue weighted by molar-refractivity contribution is 0.445. The van der Waals surface area contributed by atoms with Gasteiger partial charge >= 0.3 is 5.56 Å². The zero-order chi connectivity index (χ0) is 13.1. The minimum atomic E-state index is -0.281. The van der Waals surface area contributed by atoms with Gasteiger partial charge in [0.05, 0.1) is 5.02 Å². The van der Waals surface area contributed by atoms with E-state index >= 15 is 0 Å². The molecule has 94 valence electrons. The Morgan fingerprint density at radius 2 is 2.28 bits per heavy atom. The number of rotatable bonds is 3. The lowest BCUT2D eigenvalue weighted by Crippen LogP contribution is -2.20. The Balaban J connectivity index is 2.40. The molecule has 18 heavy (non-hydrogen) atoms. The summed E-state index contributed by atoms with van der Waals surface area (Å²) in [6.07, 6.45) is 3.13. The third kappa shape index (κ3) is 2.73. The van der Waals surface area contributed by atoms with Gasteiger partial charge in [-0.1, -0.05) is 27.5 Å². The SMILES string of the molecule is CCn1ccnc(Oc2cc(Br)ccc2Cl)c1=O. The minimum Gasteiger partial charge on any atom is -0.433 e. The van der Waals surface area contributed by atoms with Crippen molar-refractivity contribution < 1.29 is 4.74 Å². The maximum absolute atomic E-state index is 11.9. The summed E-state index contributed by atoms with van der Waals surface area (Å²) in [5, 5.41) is 0.423. The van der Waals surface area contributed by atoms with Gasteiger partial charge in [0.1, 0.15) is 5.75 Å². The van der Waals surface area contributed by atoms with E-state index in [1.807, 2.05) is 6.92 Å². The summed E-state index contributed by atoms with van der Waals surface area (Å²) >= 11 is 9.30. The van der Waals surface area contributed by atoms with Gasteiger partial charge in [-0.2, -0.15) is 0 Å². The summed E-state index contributed by atoms with van der Waals surface area (Å²) in [4.78, 5) is 15.8.